The first-order valence-corrected chi connectivity index (χ1v) is 6.97. The minimum atomic E-state index is -0.293. The number of ether oxygens (including phenoxy) is 1. The van der Waals surface area contributed by atoms with Gasteiger partial charge in [-0.05, 0) is 13.3 Å². The molecule has 0 radical (unpaired) electrons. The lowest BCUT2D eigenvalue weighted by Gasteiger charge is -1.99. The summed E-state index contributed by atoms with van der Waals surface area (Å²) in [5, 5.41) is 1.43. The number of rotatable bonds is 5. The van der Waals surface area contributed by atoms with Crippen LogP contribution in [0.4, 0.5) is 0 Å². The van der Waals surface area contributed by atoms with E-state index in [1.165, 1.54) is 11.7 Å². The van der Waals surface area contributed by atoms with Gasteiger partial charge in [0.1, 0.15) is 0 Å². The Kier molecular flexibility index (Phi) is 6.97. The summed E-state index contributed by atoms with van der Waals surface area (Å²) in [4.78, 5) is 0. The van der Waals surface area contributed by atoms with Crippen LogP contribution >= 0.6 is 0 Å². The lowest BCUT2D eigenvalue weighted by Crippen LogP contribution is -2.01. The molecule has 0 atom stereocenters. The van der Waals surface area contributed by atoms with Crippen LogP contribution < -0.4 is 0 Å². The highest BCUT2D eigenvalue weighted by molar-refractivity contribution is 6.55. The third-order valence-electron chi connectivity index (χ3n) is 1.27. The summed E-state index contributed by atoms with van der Waals surface area (Å²) in [5.74, 6) is 4.76. The third-order valence-corrected chi connectivity index (χ3v) is 2.84. The van der Waals surface area contributed by atoms with Gasteiger partial charge in [-0.15, -0.1) is 11.6 Å². The van der Waals surface area contributed by atoms with E-state index in [-0.39, 0.29) is 14.1 Å². The van der Waals surface area contributed by atoms with Crippen LogP contribution in [0, 0.1) is 0 Å². The zero-order valence-corrected chi connectivity index (χ0v) is 7.97. The van der Waals surface area contributed by atoms with E-state index in [9.17, 15) is 0 Å². The van der Waals surface area contributed by atoms with E-state index in [2.05, 4.69) is 11.6 Å². The molecule has 0 spiro atoms. The molecular formula is C7H17AlO. The van der Waals surface area contributed by atoms with E-state index < -0.39 is 0 Å². The second-order valence-corrected chi connectivity index (χ2v) is 6.10. The zero-order chi connectivity index (χ0) is 7.11. The first-order chi connectivity index (χ1) is 4.27. The van der Waals surface area contributed by atoms with Crippen LogP contribution in [0.15, 0.2) is 0 Å². The van der Waals surface area contributed by atoms with Crippen molar-refractivity contribution >= 4 is 14.1 Å². The Bertz CT molecular complexity index is 54.9. The Morgan fingerprint density at radius 1 is 1.33 bits per heavy atom. The van der Waals surface area contributed by atoms with Gasteiger partial charge in [0.15, 0.2) is 0 Å². The van der Waals surface area contributed by atoms with Crippen molar-refractivity contribution in [3.8, 4) is 0 Å². The molecule has 0 saturated carbocycles. The summed E-state index contributed by atoms with van der Waals surface area (Å²) in [6.07, 6.45) is 1.28. The SMILES string of the molecule is CCOCC[CH2][Al]([CH3])[CH3]. The van der Waals surface area contributed by atoms with Crippen LogP contribution in [0.25, 0.3) is 0 Å². The highest BCUT2D eigenvalue weighted by atomic mass is 27.2. The average Bonchev–Trinajstić information content (AvgIpc) is 1.80. The standard InChI is InChI=1S/C5H11O.2CH3.Al/c1-3-5-6-4-2;;;/h1,3-5H2,2H3;2*1H3;. The topological polar surface area (TPSA) is 9.23 Å². The molecule has 0 N–H and O–H groups in total. The summed E-state index contributed by atoms with van der Waals surface area (Å²) in [6, 6.07) is 0. The van der Waals surface area contributed by atoms with Gasteiger partial charge in [0.05, 0.1) is 0 Å². The second kappa shape index (κ2) is 6.61. The van der Waals surface area contributed by atoms with Crippen molar-refractivity contribution in [2.24, 2.45) is 0 Å². The van der Waals surface area contributed by atoms with Gasteiger partial charge in [-0.25, -0.2) is 0 Å². The van der Waals surface area contributed by atoms with E-state index in [1.807, 2.05) is 6.92 Å². The Hall–Kier alpha value is 0.492. The fourth-order valence-corrected chi connectivity index (χ4v) is 1.72. The van der Waals surface area contributed by atoms with Crippen molar-refractivity contribution in [1.29, 1.82) is 0 Å². The minimum Gasteiger partial charge on any atom is -0.382 e. The average molecular weight is 144 g/mol. The summed E-state index contributed by atoms with van der Waals surface area (Å²) >= 11 is -0.293. The van der Waals surface area contributed by atoms with Gasteiger partial charge in [-0.1, -0.05) is 5.28 Å². The molecule has 0 aliphatic rings. The molecule has 0 aliphatic carbocycles. The fourth-order valence-electron chi connectivity index (χ4n) is 0.738. The van der Waals surface area contributed by atoms with Crippen LogP contribution in [0.3, 0.4) is 0 Å². The van der Waals surface area contributed by atoms with Crippen LogP contribution in [-0.4, -0.2) is 27.4 Å². The van der Waals surface area contributed by atoms with Gasteiger partial charge in [-0.3, -0.25) is 0 Å². The normalized spacial score (nSPS) is 9.67. The van der Waals surface area contributed by atoms with Gasteiger partial charge in [0.2, 0.25) is 0 Å². The van der Waals surface area contributed by atoms with Gasteiger partial charge >= 0.3 is 0 Å². The van der Waals surface area contributed by atoms with Crippen molar-refractivity contribution in [3.63, 3.8) is 0 Å². The molecule has 54 valence electrons. The molecule has 1 nitrogen and oxygen atoms in total. The number of hydrogen-bond acceptors (Lipinski definition) is 1. The molecule has 0 heterocycles. The molecule has 2 heteroatoms. The predicted molar refractivity (Wildman–Crippen MR) is 43.4 cm³/mol. The van der Waals surface area contributed by atoms with Crippen LogP contribution in [0.1, 0.15) is 13.3 Å². The van der Waals surface area contributed by atoms with Crippen LogP contribution in [-0.2, 0) is 4.74 Å². The lowest BCUT2D eigenvalue weighted by molar-refractivity contribution is 0.148. The monoisotopic (exact) mass is 144 g/mol. The predicted octanol–water partition coefficient (Wildman–Crippen LogP) is 2.17. The minimum absolute atomic E-state index is 0.293. The summed E-state index contributed by atoms with van der Waals surface area (Å²) in [6.45, 7) is 3.90. The van der Waals surface area contributed by atoms with Gasteiger partial charge in [0, 0.05) is 13.2 Å². The van der Waals surface area contributed by atoms with E-state index in [4.69, 9.17) is 4.74 Å². The van der Waals surface area contributed by atoms with Crippen molar-refractivity contribution in [1.82, 2.24) is 0 Å². The Balaban J connectivity index is 2.75. The number of hydrogen-bond donors (Lipinski definition) is 0. The molecule has 0 saturated heterocycles. The van der Waals surface area contributed by atoms with Crippen molar-refractivity contribution in [2.45, 2.75) is 30.2 Å². The molecule has 0 amide bonds. The first-order valence-electron chi connectivity index (χ1n) is 3.85. The molecule has 0 bridgehead atoms. The quantitative estimate of drug-likeness (QED) is 0.424. The summed E-state index contributed by atoms with van der Waals surface area (Å²) in [5.41, 5.74) is 0. The maximum atomic E-state index is 5.21. The molecule has 0 aliphatic heterocycles. The molecule has 0 unspecified atom stereocenters. The van der Waals surface area contributed by atoms with E-state index in [0.29, 0.717) is 0 Å². The van der Waals surface area contributed by atoms with E-state index in [0.717, 1.165) is 13.2 Å². The Labute approximate surface area is 62.8 Å². The summed E-state index contributed by atoms with van der Waals surface area (Å²) < 4.78 is 5.21. The van der Waals surface area contributed by atoms with Crippen molar-refractivity contribution < 1.29 is 4.74 Å². The molecule has 0 aromatic rings. The van der Waals surface area contributed by atoms with Crippen LogP contribution in [0.2, 0.25) is 16.9 Å². The van der Waals surface area contributed by atoms with Crippen molar-refractivity contribution in [2.75, 3.05) is 13.2 Å². The van der Waals surface area contributed by atoms with Gasteiger partial charge in [-0.2, -0.15) is 0 Å². The molecule has 9 heavy (non-hydrogen) atoms. The zero-order valence-electron chi connectivity index (χ0n) is 6.81. The highest BCUT2D eigenvalue weighted by Gasteiger charge is 1.99. The third kappa shape index (κ3) is 8.49. The molecule has 0 fully saturated rings. The molecular weight excluding hydrogens is 127 g/mol. The molecule has 0 aromatic carbocycles. The summed E-state index contributed by atoms with van der Waals surface area (Å²) in [7, 11) is 0. The molecule has 0 rings (SSSR count). The van der Waals surface area contributed by atoms with E-state index in [1.54, 1.807) is 0 Å². The Morgan fingerprint density at radius 2 is 2.00 bits per heavy atom. The van der Waals surface area contributed by atoms with Gasteiger partial charge < -0.3 is 4.74 Å². The van der Waals surface area contributed by atoms with Gasteiger partial charge in [0.25, 0.3) is 14.1 Å². The van der Waals surface area contributed by atoms with Crippen molar-refractivity contribution in [3.05, 3.63) is 0 Å². The smallest absolute Gasteiger partial charge is 0.255 e. The first kappa shape index (κ1) is 9.49. The maximum absolute atomic E-state index is 5.21. The largest absolute Gasteiger partial charge is 0.382 e. The fraction of sp³-hybridized carbons (Fsp3) is 1.00. The molecule has 0 aromatic heterocycles. The van der Waals surface area contributed by atoms with Crippen LogP contribution in [0.5, 0.6) is 0 Å². The second-order valence-electron chi connectivity index (χ2n) is 2.73. The highest BCUT2D eigenvalue weighted by Crippen LogP contribution is 1.96. The van der Waals surface area contributed by atoms with E-state index >= 15 is 0 Å². The Morgan fingerprint density at radius 3 is 2.44 bits per heavy atom. The lowest BCUT2D eigenvalue weighted by atomic mass is 10.5. The maximum Gasteiger partial charge on any atom is 0.255 e.